The molecule has 2 fully saturated rings. The maximum atomic E-state index is 4.97. The molecule has 0 spiro atoms. The fourth-order valence-corrected chi connectivity index (χ4v) is 3.16. The fourth-order valence-electron chi connectivity index (χ4n) is 3.16. The van der Waals surface area contributed by atoms with E-state index >= 15 is 0 Å². The Morgan fingerprint density at radius 2 is 2.11 bits per heavy atom. The highest BCUT2D eigenvalue weighted by atomic mass is 15.2. The van der Waals surface area contributed by atoms with E-state index in [1.54, 1.807) is 0 Å². The zero-order chi connectivity index (χ0) is 13.2. The Bertz CT molecular complexity index is 463. The lowest BCUT2D eigenvalue weighted by atomic mass is 10.0. The quantitative estimate of drug-likeness (QED) is 0.881. The average Bonchev–Trinajstić information content (AvgIpc) is 3.05. The Morgan fingerprint density at radius 1 is 1.26 bits per heavy atom. The predicted molar refractivity (Wildman–Crippen MR) is 79.9 cm³/mol. The van der Waals surface area contributed by atoms with Crippen LogP contribution in [-0.2, 0) is 0 Å². The molecule has 19 heavy (non-hydrogen) atoms. The van der Waals surface area contributed by atoms with Gasteiger partial charge in [-0.15, -0.1) is 0 Å². The third-order valence-corrected chi connectivity index (χ3v) is 4.34. The van der Waals surface area contributed by atoms with Gasteiger partial charge in [0.1, 0.15) is 5.84 Å². The number of para-hydroxylation sites is 1. The number of amidine groups is 1. The molecule has 2 saturated heterocycles. The fraction of sp³-hybridized carbons (Fsp3) is 0.562. The minimum atomic E-state index is 0.488. The Kier molecular flexibility index (Phi) is 3.56. The summed E-state index contributed by atoms with van der Waals surface area (Å²) in [5.41, 5.74) is 2.51. The molecule has 2 heterocycles. The van der Waals surface area contributed by atoms with Gasteiger partial charge in [-0.3, -0.25) is 0 Å². The van der Waals surface area contributed by atoms with E-state index in [2.05, 4.69) is 48.5 Å². The van der Waals surface area contributed by atoms with Crippen LogP contribution in [0.25, 0.3) is 0 Å². The first-order valence-electron chi connectivity index (χ1n) is 7.38. The van der Waals surface area contributed by atoms with E-state index in [-0.39, 0.29) is 0 Å². The Morgan fingerprint density at radius 3 is 2.79 bits per heavy atom. The molecule has 0 saturated carbocycles. The van der Waals surface area contributed by atoms with Crippen LogP contribution in [0.2, 0.25) is 0 Å². The SMILES string of the molecule is CC1CCN(C)C1=Nc1ccccc1C1CCCN1. The maximum absolute atomic E-state index is 4.97. The molecule has 0 aliphatic carbocycles. The second-order valence-corrected chi connectivity index (χ2v) is 5.79. The van der Waals surface area contributed by atoms with Crippen molar-refractivity contribution in [2.75, 3.05) is 20.1 Å². The van der Waals surface area contributed by atoms with Gasteiger partial charge in [0.25, 0.3) is 0 Å². The molecule has 0 aromatic heterocycles. The molecule has 3 nitrogen and oxygen atoms in total. The summed E-state index contributed by atoms with van der Waals surface area (Å²) in [6, 6.07) is 9.09. The topological polar surface area (TPSA) is 27.6 Å². The Hall–Kier alpha value is -1.35. The number of likely N-dealkylation sites (tertiary alicyclic amines) is 1. The minimum Gasteiger partial charge on any atom is -0.363 e. The van der Waals surface area contributed by atoms with Crippen molar-refractivity contribution < 1.29 is 0 Å². The van der Waals surface area contributed by atoms with Crippen molar-refractivity contribution in [2.24, 2.45) is 10.9 Å². The van der Waals surface area contributed by atoms with Crippen LogP contribution in [0.1, 0.15) is 37.8 Å². The van der Waals surface area contributed by atoms with E-state index in [0.717, 1.165) is 18.8 Å². The van der Waals surface area contributed by atoms with Gasteiger partial charge in [0.15, 0.2) is 0 Å². The number of nitrogens with zero attached hydrogens (tertiary/aromatic N) is 2. The highest BCUT2D eigenvalue weighted by molar-refractivity contribution is 5.88. The van der Waals surface area contributed by atoms with E-state index < -0.39 is 0 Å². The van der Waals surface area contributed by atoms with E-state index in [1.807, 2.05) is 0 Å². The van der Waals surface area contributed by atoms with Crippen molar-refractivity contribution in [2.45, 2.75) is 32.2 Å². The van der Waals surface area contributed by atoms with E-state index in [1.165, 1.54) is 30.7 Å². The van der Waals surface area contributed by atoms with Crippen LogP contribution in [0.15, 0.2) is 29.3 Å². The monoisotopic (exact) mass is 257 g/mol. The summed E-state index contributed by atoms with van der Waals surface area (Å²) in [7, 11) is 2.15. The normalized spacial score (nSPS) is 29.4. The highest BCUT2D eigenvalue weighted by Crippen LogP contribution is 2.32. The number of hydrogen-bond acceptors (Lipinski definition) is 2. The van der Waals surface area contributed by atoms with Gasteiger partial charge in [0, 0.05) is 25.6 Å². The largest absolute Gasteiger partial charge is 0.363 e. The third kappa shape index (κ3) is 2.52. The summed E-state index contributed by atoms with van der Waals surface area (Å²) in [4.78, 5) is 7.26. The van der Waals surface area contributed by atoms with Crippen molar-refractivity contribution in [3.05, 3.63) is 29.8 Å². The van der Waals surface area contributed by atoms with Crippen molar-refractivity contribution in [3.63, 3.8) is 0 Å². The van der Waals surface area contributed by atoms with Crippen LogP contribution in [-0.4, -0.2) is 30.9 Å². The summed E-state index contributed by atoms with van der Waals surface area (Å²) in [5, 5.41) is 3.58. The molecule has 2 atom stereocenters. The van der Waals surface area contributed by atoms with Gasteiger partial charge in [-0.25, -0.2) is 4.99 Å². The van der Waals surface area contributed by atoms with Gasteiger partial charge in [0.05, 0.1) is 5.69 Å². The smallest absolute Gasteiger partial charge is 0.107 e. The molecule has 102 valence electrons. The lowest BCUT2D eigenvalue weighted by molar-refractivity contribution is 0.547. The van der Waals surface area contributed by atoms with E-state index in [9.17, 15) is 0 Å². The Balaban J connectivity index is 1.94. The molecule has 0 bridgehead atoms. The summed E-state index contributed by atoms with van der Waals surface area (Å²) < 4.78 is 0. The highest BCUT2D eigenvalue weighted by Gasteiger charge is 2.24. The van der Waals surface area contributed by atoms with Gasteiger partial charge >= 0.3 is 0 Å². The first kappa shape index (κ1) is 12.7. The van der Waals surface area contributed by atoms with Crippen LogP contribution in [0.5, 0.6) is 0 Å². The summed E-state index contributed by atoms with van der Waals surface area (Å²) >= 11 is 0. The van der Waals surface area contributed by atoms with Gasteiger partial charge in [0.2, 0.25) is 0 Å². The van der Waals surface area contributed by atoms with Gasteiger partial charge < -0.3 is 10.2 Å². The molecule has 2 aliphatic rings. The van der Waals surface area contributed by atoms with Crippen LogP contribution < -0.4 is 5.32 Å². The van der Waals surface area contributed by atoms with Gasteiger partial charge in [-0.05, 0) is 37.4 Å². The summed E-state index contributed by atoms with van der Waals surface area (Å²) in [6.07, 6.45) is 3.72. The molecule has 1 aromatic rings. The van der Waals surface area contributed by atoms with Crippen molar-refractivity contribution in [1.82, 2.24) is 10.2 Å². The molecular formula is C16H23N3. The lowest BCUT2D eigenvalue weighted by Gasteiger charge is -2.17. The van der Waals surface area contributed by atoms with Crippen LogP contribution >= 0.6 is 0 Å². The predicted octanol–water partition coefficient (Wildman–Crippen LogP) is 3.11. The number of aliphatic imine (C=N–C) groups is 1. The molecular weight excluding hydrogens is 234 g/mol. The molecule has 3 rings (SSSR count). The van der Waals surface area contributed by atoms with Crippen LogP contribution in [0.3, 0.4) is 0 Å². The van der Waals surface area contributed by atoms with E-state index in [4.69, 9.17) is 4.99 Å². The molecule has 3 heteroatoms. The van der Waals surface area contributed by atoms with E-state index in [0.29, 0.717) is 12.0 Å². The zero-order valence-corrected chi connectivity index (χ0v) is 11.9. The minimum absolute atomic E-state index is 0.488. The molecule has 0 amide bonds. The van der Waals surface area contributed by atoms with Crippen molar-refractivity contribution in [3.8, 4) is 0 Å². The molecule has 0 radical (unpaired) electrons. The zero-order valence-electron chi connectivity index (χ0n) is 11.9. The van der Waals surface area contributed by atoms with Crippen LogP contribution in [0, 0.1) is 5.92 Å². The summed E-state index contributed by atoms with van der Waals surface area (Å²) in [5.74, 6) is 1.82. The second-order valence-electron chi connectivity index (χ2n) is 5.79. The van der Waals surface area contributed by atoms with Gasteiger partial charge in [-0.2, -0.15) is 0 Å². The van der Waals surface area contributed by atoms with Crippen molar-refractivity contribution >= 4 is 11.5 Å². The maximum Gasteiger partial charge on any atom is 0.107 e. The molecule has 2 aliphatic heterocycles. The Labute approximate surface area is 115 Å². The molecule has 1 aromatic carbocycles. The summed E-state index contributed by atoms with van der Waals surface area (Å²) in [6.45, 7) is 4.54. The second kappa shape index (κ2) is 5.33. The number of rotatable bonds is 2. The number of benzene rings is 1. The van der Waals surface area contributed by atoms with Crippen LogP contribution in [0.4, 0.5) is 5.69 Å². The number of nitrogens with one attached hydrogen (secondary N) is 1. The first-order valence-corrected chi connectivity index (χ1v) is 7.38. The molecule has 1 N–H and O–H groups in total. The number of hydrogen-bond donors (Lipinski definition) is 1. The van der Waals surface area contributed by atoms with Gasteiger partial charge in [-0.1, -0.05) is 25.1 Å². The molecule has 2 unspecified atom stereocenters. The average molecular weight is 257 g/mol. The van der Waals surface area contributed by atoms with Crippen molar-refractivity contribution in [1.29, 1.82) is 0 Å². The third-order valence-electron chi connectivity index (χ3n) is 4.34. The first-order chi connectivity index (χ1) is 9.25. The lowest BCUT2D eigenvalue weighted by Crippen LogP contribution is -2.22. The standard InChI is InChI=1S/C16H23N3/c1-12-9-11-19(2)16(12)18-15-7-4-3-6-13(15)14-8-5-10-17-14/h3-4,6-7,12,14,17H,5,8-11H2,1-2H3.